The Balaban J connectivity index is 1.64. The Morgan fingerprint density at radius 3 is 2.73 bits per heavy atom. The van der Waals surface area contributed by atoms with Crippen LogP contribution in [-0.2, 0) is 22.7 Å². The van der Waals surface area contributed by atoms with Crippen LogP contribution >= 0.6 is 0 Å². The summed E-state index contributed by atoms with van der Waals surface area (Å²) in [5.41, 5.74) is 2.56. The molecule has 1 fully saturated rings. The van der Waals surface area contributed by atoms with Crippen molar-refractivity contribution in [3.8, 4) is 11.5 Å². The lowest BCUT2D eigenvalue weighted by atomic mass is 10.1. The highest BCUT2D eigenvalue weighted by molar-refractivity contribution is 6.00. The second-order valence-corrected chi connectivity index (χ2v) is 6.50. The van der Waals surface area contributed by atoms with Gasteiger partial charge >= 0.3 is 0 Å². The van der Waals surface area contributed by atoms with Gasteiger partial charge in [-0.1, -0.05) is 30.3 Å². The number of amides is 2. The summed E-state index contributed by atoms with van der Waals surface area (Å²) in [5.74, 6) is 1.01. The Kier molecular flexibility index (Phi) is 4.24. The van der Waals surface area contributed by atoms with E-state index in [0.29, 0.717) is 43.2 Å². The first-order valence-electron chi connectivity index (χ1n) is 8.63. The number of ether oxygens (including phenoxy) is 2. The highest BCUT2D eigenvalue weighted by Crippen LogP contribution is 2.37. The van der Waals surface area contributed by atoms with Crippen LogP contribution < -0.4 is 14.8 Å². The number of hydrogen-bond acceptors (Lipinski definition) is 4. The van der Waals surface area contributed by atoms with Crippen molar-refractivity contribution >= 4 is 17.5 Å². The Morgan fingerprint density at radius 2 is 1.96 bits per heavy atom. The number of methoxy groups -OCH3 is 1. The van der Waals surface area contributed by atoms with Crippen molar-refractivity contribution in [1.82, 2.24) is 4.90 Å². The minimum absolute atomic E-state index is 0.0144. The van der Waals surface area contributed by atoms with E-state index in [4.69, 9.17) is 9.47 Å². The van der Waals surface area contributed by atoms with Gasteiger partial charge in [0.1, 0.15) is 12.6 Å². The van der Waals surface area contributed by atoms with E-state index in [-0.39, 0.29) is 11.8 Å². The normalized spacial score (nSPS) is 18.7. The summed E-state index contributed by atoms with van der Waals surface area (Å²) in [5, 5.41) is 2.92. The molecule has 1 N–H and O–H groups in total. The third-order valence-electron chi connectivity index (χ3n) is 4.86. The predicted molar refractivity (Wildman–Crippen MR) is 96.0 cm³/mol. The molecule has 134 valence electrons. The van der Waals surface area contributed by atoms with Crippen LogP contribution in [0, 0.1) is 0 Å². The molecular formula is C20H20N2O4. The number of anilines is 1. The average molecular weight is 352 g/mol. The van der Waals surface area contributed by atoms with Crippen molar-refractivity contribution in [1.29, 1.82) is 0 Å². The minimum Gasteiger partial charge on any atom is -0.493 e. The molecule has 1 saturated heterocycles. The standard InChI is InChI=1S/C20H20N2O4/c1-25-17-10-15-14(9-18(17)26-12-13-5-3-2-4-6-13)11-22-16(20(24)21-15)7-8-19(22)23/h2-6,9-10,16H,7-8,11-12H2,1H3,(H,21,24)/t16-/m0/s1. The average Bonchev–Trinajstić information content (AvgIpc) is 2.95. The van der Waals surface area contributed by atoms with E-state index >= 15 is 0 Å². The summed E-state index contributed by atoms with van der Waals surface area (Å²) in [4.78, 5) is 26.2. The molecular weight excluding hydrogens is 332 g/mol. The van der Waals surface area contributed by atoms with E-state index in [2.05, 4.69) is 5.32 Å². The molecule has 6 nitrogen and oxygen atoms in total. The molecule has 1 atom stereocenters. The summed E-state index contributed by atoms with van der Waals surface area (Å²) in [6.45, 7) is 0.802. The summed E-state index contributed by atoms with van der Waals surface area (Å²) in [6.07, 6.45) is 0.980. The van der Waals surface area contributed by atoms with Crippen LogP contribution in [-0.4, -0.2) is 29.9 Å². The summed E-state index contributed by atoms with van der Waals surface area (Å²) >= 11 is 0. The second kappa shape index (κ2) is 6.71. The van der Waals surface area contributed by atoms with Crippen molar-refractivity contribution in [2.45, 2.75) is 32.0 Å². The Hall–Kier alpha value is -3.02. The number of benzene rings is 2. The quantitative estimate of drug-likeness (QED) is 0.919. The topological polar surface area (TPSA) is 67.9 Å². The molecule has 0 bridgehead atoms. The first kappa shape index (κ1) is 16.4. The van der Waals surface area contributed by atoms with E-state index in [1.807, 2.05) is 36.4 Å². The monoisotopic (exact) mass is 352 g/mol. The van der Waals surface area contributed by atoms with Gasteiger partial charge in [0.05, 0.1) is 7.11 Å². The highest BCUT2D eigenvalue weighted by Gasteiger charge is 2.38. The fraction of sp³-hybridized carbons (Fsp3) is 0.300. The minimum atomic E-state index is -0.394. The first-order chi connectivity index (χ1) is 12.7. The lowest BCUT2D eigenvalue weighted by molar-refractivity contribution is -0.133. The zero-order valence-electron chi connectivity index (χ0n) is 14.5. The fourth-order valence-corrected chi connectivity index (χ4v) is 3.46. The van der Waals surface area contributed by atoms with Crippen molar-refractivity contribution in [2.24, 2.45) is 0 Å². The lowest BCUT2D eigenvalue weighted by Crippen LogP contribution is -2.38. The maximum absolute atomic E-state index is 12.4. The van der Waals surface area contributed by atoms with E-state index in [0.717, 1.165) is 11.1 Å². The van der Waals surface area contributed by atoms with Gasteiger partial charge in [-0.05, 0) is 23.6 Å². The molecule has 0 saturated carbocycles. The van der Waals surface area contributed by atoms with Crippen molar-refractivity contribution in [3.63, 3.8) is 0 Å². The van der Waals surface area contributed by atoms with Gasteiger partial charge in [0.2, 0.25) is 11.8 Å². The van der Waals surface area contributed by atoms with Gasteiger partial charge in [-0.2, -0.15) is 0 Å². The van der Waals surface area contributed by atoms with Gasteiger partial charge in [0.25, 0.3) is 0 Å². The maximum atomic E-state index is 12.4. The van der Waals surface area contributed by atoms with E-state index < -0.39 is 6.04 Å². The van der Waals surface area contributed by atoms with Crippen LogP contribution in [0.3, 0.4) is 0 Å². The summed E-state index contributed by atoms with van der Waals surface area (Å²) in [6, 6.07) is 13.1. The zero-order chi connectivity index (χ0) is 18.1. The zero-order valence-corrected chi connectivity index (χ0v) is 14.5. The number of carbonyl (C=O) groups is 2. The Labute approximate surface area is 151 Å². The van der Waals surface area contributed by atoms with Gasteiger partial charge in [-0.15, -0.1) is 0 Å². The second-order valence-electron chi connectivity index (χ2n) is 6.50. The molecule has 4 rings (SSSR count). The smallest absolute Gasteiger partial charge is 0.247 e. The van der Waals surface area contributed by atoms with Crippen molar-refractivity contribution in [3.05, 3.63) is 53.6 Å². The largest absolute Gasteiger partial charge is 0.493 e. The maximum Gasteiger partial charge on any atom is 0.247 e. The lowest BCUT2D eigenvalue weighted by Gasteiger charge is -2.20. The molecule has 2 aliphatic rings. The van der Waals surface area contributed by atoms with Crippen LogP contribution in [0.1, 0.15) is 24.0 Å². The van der Waals surface area contributed by atoms with Crippen molar-refractivity contribution in [2.75, 3.05) is 12.4 Å². The molecule has 0 aromatic heterocycles. The third kappa shape index (κ3) is 2.98. The molecule has 6 heteroatoms. The molecule has 2 amide bonds. The summed E-state index contributed by atoms with van der Waals surface area (Å²) < 4.78 is 11.4. The number of rotatable bonds is 4. The number of fused-ring (bicyclic) bond motifs is 2. The Bertz CT molecular complexity index is 850. The molecule has 2 heterocycles. The van der Waals surface area contributed by atoms with Crippen LogP contribution in [0.5, 0.6) is 11.5 Å². The Morgan fingerprint density at radius 1 is 1.15 bits per heavy atom. The number of carbonyl (C=O) groups excluding carboxylic acids is 2. The molecule has 2 aliphatic heterocycles. The van der Waals surface area contributed by atoms with Crippen molar-refractivity contribution < 1.29 is 19.1 Å². The molecule has 0 spiro atoms. The predicted octanol–water partition coefficient (Wildman–Crippen LogP) is 2.72. The first-order valence-corrected chi connectivity index (χ1v) is 8.63. The van der Waals surface area contributed by atoms with Gasteiger partial charge in [0, 0.05) is 24.7 Å². The van der Waals surface area contributed by atoms with Crippen LogP contribution in [0.15, 0.2) is 42.5 Å². The van der Waals surface area contributed by atoms with E-state index in [1.54, 1.807) is 18.1 Å². The number of nitrogens with zero attached hydrogens (tertiary/aromatic N) is 1. The van der Waals surface area contributed by atoms with Crippen LogP contribution in [0.4, 0.5) is 5.69 Å². The fourth-order valence-electron chi connectivity index (χ4n) is 3.46. The summed E-state index contributed by atoms with van der Waals surface area (Å²) in [7, 11) is 1.57. The highest BCUT2D eigenvalue weighted by atomic mass is 16.5. The molecule has 26 heavy (non-hydrogen) atoms. The molecule has 2 aromatic rings. The van der Waals surface area contributed by atoms with E-state index in [1.165, 1.54) is 0 Å². The molecule has 0 unspecified atom stereocenters. The number of hydrogen-bond donors (Lipinski definition) is 1. The van der Waals surface area contributed by atoms with Crippen LogP contribution in [0.2, 0.25) is 0 Å². The van der Waals surface area contributed by atoms with Gasteiger partial charge in [-0.25, -0.2) is 0 Å². The number of nitrogens with one attached hydrogen (secondary N) is 1. The van der Waals surface area contributed by atoms with E-state index in [9.17, 15) is 9.59 Å². The van der Waals surface area contributed by atoms with Gasteiger partial charge < -0.3 is 19.7 Å². The SMILES string of the molecule is COc1cc2c(cc1OCc1ccccc1)CN1C(=O)CC[C@H]1C(=O)N2. The molecule has 0 aliphatic carbocycles. The van der Waals surface area contributed by atoms with Gasteiger partial charge in [-0.3, -0.25) is 9.59 Å². The molecule has 2 aromatic carbocycles. The van der Waals surface area contributed by atoms with Gasteiger partial charge in [0.15, 0.2) is 11.5 Å². The third-order valence-corrected chi connectivity index (χ3v) is 4.86. The molecule has 0 radical (unpaired) electrons. The van der Waals surface area contributed by atoms with Crippen LogP contribution in [0.25, 0.3) is 0 Å².